The maximum absolute atomic E-state index is 5.17. The van der Waals surface area contributed by atoms with Gasteiger partial charge < -0.3 is 4.74 Å². The van der Waals surface area contributed by atoms with Gasteiger partial charge in [-0.3, -0.25) is 0 Å². The summed E-state index contributed by atoms with van der Waals surface area (Å²) in [5.74, 6) is 0. The molecule has 1 nitrogen and oxygen atoms in total. The number of methoxy groups -OCH3 is 1. The lowest BCUT2D eigenvalue weighted by molar-refractivity contribution is 0.206. The van der Waals surface area contributed by atoms with E-state index in [2.05, 4.69) is 31.2 Å². The summed E-state index contributed by atoms with van der Waals surface area (Å²) in [4.78, 5) is 0. The SMILES string of the molecule is CCCCCC[C]=C(CCOC)c1cc[c]cc1. The molecular formula is C17H24O. The van der Waals surface area contributed by atoms with E-state index in [9.17, 15) is 0 Å². The van der Waals surface area contributed by atoms with E-state index in [1.807, 2.05) is 12.1 Å². The summed E-state index contributed by atoms with van der Waals surface area (Å²) < 4.78 is 5.17. The van der Waals surface area contributed by atoms with Gasteiger partial charge in [0.15, 0.2) is 0 Å². The van der Waals surface area contributed by atoms with E-state index in [1.54, 1.807) is 7.11 Å². The fourth-order valence-electron chi connectivity index (χ4n) is 1.92. The number of rotatable bonds is 9. The predicted molar refractivity (Wildman–Crippen MR) is 77.2 cm³/mol. The van der Waals surface area contributed by atoms with E-state index >= 15 is 0 Å². The lowest BCUT2D eigenvalue weighted by Crippen LogP contribution is -1.93. The Balaban J connectivity index is 2.52. The second-order valence-electron chi connectivity index (χ2n) is 4.50. The highest BCUT2D eigenvalue weighted by molar-refractivity contribution is 5.63. The van der Waals surface area contributed by atoms with Crippen molar-refractivity contribution in [1.29, 1.82) is 0 Å². The van der Waals surface area contributed by atoms with Crippen molar-refractivity contribution in [2.45, 2.75) is 45.4 Å². The normalized spacial score (nSPS) is 11.8. The smallest absolute Gasteiger partial charge is 0.0502 e. The average Bonchev–Trinajstić information content (AvgIpc) is 2.43. The van der Waals surface area contributed by atoms with E-state index in [0.29, 0.717) is 0 Å². The van der Waals surface area contributed by atoms with Gasteiger partial charge in [0.1, 0.15) is 0 Å². The summed E-state index contributed by atoms with van der Waals surface area (Å²) in [6.45, 7) is 3.00. The number of hydrogen-bond donors (Lipinski definition) is 0. The first kappa shape index (κ1) is 15.0. The highest BCUT2D eigenvalue weighted by Gasteiger charge is 2.01. The van der Waals surface area contributed by atoms with Crippen LogP contribution in [0.4, 0.5) is 0 Å². The van der Waals surface area contributed by atoms with E-state index in [0.717, 1.165) is 19.4 Å². The molecule has 1 rings (SSSR count). The molecular weight excluding hydrogens is 220 g/mol. The lowest BCUT2D eigenvalue weighted by atomic mass is 10.0. The van der Waals surface area contributed by atoms with Gasteiger partial charge in [-0.25, -0.2) is 0 Å². The lowest BCUT2D eigenvalue weighted by Gasteiger charge is -2.07. The van der Waals surface area contributed by atoms with Gasteiger partial charge in [-0.2, -0.15) is 0 Å². The number of benzene rings is 1. The molecule has 2 radical (unpaired) electrons. The van der Waals surface area contributed by atoms with Crippen LogP contribution in [0.25, 0.3) is 5.57 Å². The van der Waals surface area contributed by atoms with Crippen LogP contribution in [0.2, 0.25) is 0 Å². The molecule has 0 aliphatic rings. The van der Waals surface area contributed by atoms with Crippen LogP contribution in [0, 0.1) is 12.1 Å². The molecule has 98 valence electrons. The van der Waals surface area contributed by atoms with Crippen LogP contribution in [0.1, 0.15) is 51.0 Å². The van der Waals surface area contributed by atoms with Crippen LogP contribution in [-0.2, 0) is 4.74 Å². The van der Waals surface area contributed by atoms with Crippen molar-refractivity contribution in [3.05, 3.63) is 42.0 Å². The molecule has 0 amide bonds. The zero-order valence-electron chi connectivity index (χ0n) is 11.7. The van der Waals surface area contributed by atoms with Crippen molar-refractivity contribution >= 4 is 5.57 Å². The average molecular weight is 244 g/mol. The Morgan fingerprint density at radius 1 is 1.22 bits per heavy atom. The molecule has 1 heteroatoms. The maximum Gasteiger partial charge on any atom is 0.0502 e. The van der Waals surface area contributed by atoms with Gasteiger partial charge in [-0.05, 0) is 42.5 Å². The molecule has 0 saturated heterocycles. The van der Waals surface area contributed by atoms with Crippen LogP contribution in [0.5, 0.6) is 0 Å². The summed E-state index contributed by atoms with van der Waals surface area (Å²) >= 11 is 0. The van der Waals surface area contributed by atoms with Crippen LogP contribution >= 0.6 is 0 Å². The molecule has 18 heavy (non-hydrogen) atoms. The Kier molecular flexibility index (Phi) is 8.24. The first-order chi connectivity index (χ1) is 8.88. The minimum absolute atomic E-state index is 0.760. The third kappa shape index (κ3) is 6.02. The second kappa shape index (κ2) is 9.90. The highest BCUT2D eigenvalue weighted by Crippen LogP contribution is 2.19. The Bertz CT molecular complexity index is 327. The number of allylic oxidation sites excluding steroid dienone is 1. The highest BCUT2D eigenvalue weighted by atomic mass is 16.5. The number of hydrogen-bond acceptors (Lipinski definition) is 1. The number of unbranched alkanes of at least 4 members (excludes halogenated alkanes) is 4. The fraction of sp³-hybridized carbons (Fsp3) is 0.529. The van der Waals surface area contributed by atoms with E-state index in [1.165, 1.54) is 36.8 Å². The summed E-state index contributed by atoms with van der Waals surface area (Å²) in [5, 5.41) is 0. The minimum atomic E-state index is 0.760. The van der Waals surface area contributed by atoms with Crippen LogP contribution in [0.15, 0.2) is 24.3 Å². The Labute approximate surface area is 112 Å². The van der Waals surface area contributed by atoms with Gasteiger partial charge >= 0.3 is 0 Å². The van der Waals surface area contributed by atoms with E-state index < -0.39 is 0 Å². The summed E-state index contributed by atoms with van der Waals surface area (Å²) in [6, 6.07) is 11.2. The molecule has 1 aromatic rings. The zero-order valence-corrected chi connectivity index (χ0v) is 11.7. The molecule has 0 bridgehead atoms. The largest absolute Gasteiger partial charge is 0.384 e. The van der Waals surface area contributed by atoms with Crippen molar-refractivity contribution in [2.24, 2.45) is 0 Å². The van der Waals surface area contributed by atoms with Crippen molar-refractivity contribution in [3.63, 3.8) is 0 Å². The molecule has 0 saturated carbocycles. The number of ether oxygens (including phenoxy) is 1. The zero-order chi connectivity index (χ0) is 13.1. The second-order valence-corrected chi connectivity index (χ2v) is 4.50. The van der Waals surface area contributed by atoms with Gasteiger partial charge in [0.2, 0.25) is 0 Å². The molecule has 0 unspecified atom stereocenters. The van der Waals surface area contributed by atoms with Crippen LogP contribution in [0.3, 0.4) is 0 Å². The first-order valence-electron chi connectivity index (χ1n) is 6.93. The molecule has 0 heterocycles. The van der Waals surface area contributed by atoms with Crippen molar-refractivity contribution in [3.8, 4) is 0 Å². The van der Waals surface area contributed by atoms with Crippen LogP contribution < -0.4 is 0 Å². The molecule has 0 aliphatic carbocycles. The van der Waals surface area contributed by atoms with Gasteiger partial charge in [0, 0.05) is 7.11 Å². The molecule has 0 atom stereocenters. The molecule has 0 spiro atoms. The standard InChI is InChI=1S/C17H24O/c1-3-4-5-6-8-13-17(14-15-18-2)16-11-9-7-10-12-16/h9-12H,3-6,8,14-15H2,1-2H3. The summed E-state index contributed by atoms with van der Waals surface area (Å²) in [5.41, 5.74) is 2.53. The van der Waals surface area contributed by atoms with E-state index in [-0.39, 0.29) is 0 Å². The Morgan fingerprint density at radius 3 is 2.67 bits per heavy atom. The van der Waals surface area contributed by atoms with Gasteiger partial charge in [-0.1, -0.05) is 50.5 Å². The van der Waals surface area contributed by atoms with Crippen molar-refractivity contribution in [2.75, 3.05) is 13.7 Å². The van der Waals surface area contributed by atoms with Gasteiger partial charge in [0.05, 0.1) is 6.61 Å². The summed E-state index contributed by atoms with van der Waals surface area (Å²) in [7, 11) is 1.75. The minimum Gasteiger partial charge on any atom is -0.384 e. The molecule has 0 N–H and O–H groups in total. The third-order valence-electron chi connectivity index (χ3n) is 2.99. The van der Waals surface area contributed by atoms with Crippen molar-refractivity contribution in [1.82, 2.24) is 0 Å². The quantitative estimate of drug-likeness (QED) is 0.573. The third-order valence-corrected chi connectivity index (χ3v) is 2.99. The molecule has 1 aromatic carbocycles. The molecule has 0 fully saturated rings. The Morgan fingerprint density at radius 2 is 2.00 bits per heavy atom. The van der Waals surface area contributed by atoms with Crippen LogP contribution in [-0.4, -0.2) is 13.7 Å². The molecule has 0 aromatic heterocycles. The fourth-order valence-corrected chi connectivity index (χ4v) is 1.92. The van der Waals surface area contributed by atoms with Gasteiger partial charge in [0.25, 0.3) is 0 Å². The first-order valence-corrected chi connectivity index (χ1v) is 6.93. The van der Waals surface area contributed by atoms with Crippen molar-refractivity contribution < 1.29 is 4.74 Å². The Hall–Kier alpha value is -1.08. The van der Waals surface area contributed by atoms with Gasteiger partial charge in [-0.15, -0.1) is 0 Å². The molecule has 0 aliphatic heterocycles. The maximum atomic E-state index is 5.17. The van der Waals surface area contributed by atoms with E-state index in [4.69, 9.17) is 4.74 Å². The summed E-state index contributed by atoms with van der Waals surface area (Å²) in [6.07, 6.45) is 10.7. The predicted octanol–water partition coefficient (Wildman–Crippen LogP) is 4.68. The monoisotopic (exact) mass is 244 g/mol. The topological polar surface area (TPSA) is 9.23 Å².